The molecular formula is C19H28F3N3O. The molecule has 0 aromatic heterocycles. The van der Waals surface area contributed by atoms with Crippen LogP contribution in [-0.2, 0) is 4.74 Å². The molecule has 2 rings (SSSR count). The van der Waals surface area contributed by atoms with Crippen molar-refractivity contribution in [3.8, 4) is 0 Å². The molecule has 4 nitrogen and oxygen atoms in total. The Hall–Kier alpha value is -1.76. The Morgan fingerprint density at radius 1 is 1.23 bits per heavy atom. The fourth-order valence-electron chi connectivity index (χ4n) is 3.03. The van der Waals surface area contributed by atoms with Crippen molar-refractivity contribution in [1.82, 2.24) is 10.6 Å². The third-order valence-electron chi connectivity index (χ3n) is 4.38. The molecule has 0 amide bonds. The van der Waals surface area contributed by atoms with Crippen molar-refractivity contribution in [3.05, 3.63) is 35.4 Å². The van der Waals surface area contributed by atoms with Crippen LogP contribution in [0.3, 0.4) is 0 Å². The Morgan fingerprint density at radius 3 is 2.62 bits per heavy atom. The van der Waals surface area contributed by atoms with Gasteiger partial charge in [-0.3, -0.25) is 4.99 Å². The van der Waals surface area contributed by atoms with Crippen molar-refractivity contribution in [3.63, 3.8) is 0 Å². The summed E-state index contributed by atoms with van der Waals surface area (Å²) in [7, 11) is 0. The zero-order valence-corrected chi connectivity index (χ0v) is 15.4. The zero-order chi connectivity index (χ0) is 19.0. The van der Waals surface area contributed by atoms with Gasteiger partial charge in [0, 0.05) is 32.2 Å². The molecule has 1 saturated heterocycles. The van der Waals surface area contributed by atoms with E-state index in [0.717, 1.165) is 25.0 Å². The molecule has 1 fully saturated rings. The molecule has 2 atom stereocenters. The monoisotopic (exact) mass is 371 g/mol. The molecule has 1 aliphatic rings. The van der Waals surface area contributed by atoms with Crippen LogP contribution in [0, 0.1) is 12.8 Å². The molecule has 1 heterocycles. The van der Waals surface area contributed by atoms with E-state index in [1.165, 1.54) is 5.56 Å². The van der Waals surface area contributed by atoms with Gasteiger partial charge in [0.25, 0.3) is 0 Å². The molecule has 1 aromatic carbocycles. The molecule has 0 aliphatic carbocycles. The number of benzene rings is 1. The largest absolute Gasteiger partial charge is 0.390 e. The maximum atomic E-state index is 12.3. The lowest BCUT2D eigenvalue weighted by Crippen LogP contribution is -2.39. The van der Waals surface area contributed by atoms with Gasteiger partial charge in [-0.2, -0.15) is 13.2 Å². The van der Waals surface area contributed by atoms with Crippen molar-refractivity contribution >= 4 is 5.96 Å². The van der Waals surface area contributed by atoms with E-state index in [1.807, 2.05) is 13.8 Å². The Balaban J connectivity index is 1.99. The highest BCUT2D eigenvalue weighted by Gasteiger charge is 2.28. The molecule has 146 valence electrons. The molecule has 0 radical (unpaired) electrons. The predicted octanol–water partition coefficient (Wildman–Crippen LogP) is 3.97. The van der Waals surface area contributed by atoms with E-state index in [9.17, 15) is 13.2 Å². The molecular weight excluding hydrogens is 343 g/mol. The minimum Gasteiger partial charge on any atom is -0.373 e. The maximum absolute atomic E-state index is 12.3. The molecule has 2 N–H and O–H groups in total. The molecule has 1 aromatic rings. The highest BCUT2D eigenvalue weighted by molar-refractivity contribution is 5.79. The second-order valence-electron chi connectivity index (χ2n) is 6.62. The van der Waals surface area contributed by atoms with E-state index >= 15 is 0 Å². The van der Waals surface area contributed by atoms with Crippen LogP contribution in [0.25, 0.3) is 0 Å². The highest BCUT2D eigenvalue weighted by atomic mass is 19.4. The number of nitrogens with one attached hydrogen (secondary N) is 2. The summed E-state index contributed by atoms with van der Waals surface area (Å²) in [5.41, 5.74) is 2.33. The molecule has 2 unspecified atom stereocenters. The summed E-state index contributed by atoms with van der Waals surface area (Å²) in [6.07, 6.45) is -3.11. The molecule has 0 saturated carbocycles. The van der Waals surface area contributed by atoms with Crippen LogP contribution in [0.1, 0.15) is 43.4 Å². The summed E-state index contributed by atoms with van der Waals surface area (Å²) in [5, 5.41) is 5.76. The average molecular weight is 371 g/mol. The van der Waals surface area contributed by atoms with Crippen LogP contribution in [0.5, 0.6) is 0 Å². The van der Waals surface area contributed by atoms with Crippen molar-refractivity contribution in [2.75, 3.05) is 26.2 Å². The third kappa shape index (κ3) is 6.86. The first-order valence-corrected chi connectivity index (χ1v) is 9.16. The Labute approximate surface area is 153 Å². The number of hydrogen-bond donors (Lipinski definition) is 2. The Bertz CT molecular complexity index is 572. The summed E-state index contributed by atoms with van der Waals surface area (Å²) in [6, 6.07) is 8.29. The van der Waals surface area contributed by atoms with Crippen molar-refractivity contribution in [2.45, 2.75) is 45.4 Å². The summed E-state index contributed by atoms with van der Waals surface area (Å²) >= 11 is 0. The van der Waals surface area contributed by atoms with Crippen molar-refractivity contribution in [2.24, 2.45) is 10.9 Å². The van der Waals surface area contributed by atoms with Crippen LogP contribution in [0.4, 0.5) is 13.2 Å². The van der Waals surface area contributed by atoms with Gasteiger partial charge in [-0.25, -0.2) is 0 Å². The Kier molecular flexibility index (Phi) is 7.75. The van der Waals surface area contributed by atoms with Crippen LogP contribution >= 0.6 is 0 Å². The number of alkyl halides is 3. The fraction of sp³-hybridized carbons (Fsp3) is 0.632. The predicted molar refractivity (Wildman–Crippen MR) is 97.2 cm³/mol. The van der Waals surface area contributed by atoms with Gasteiger partial charge >= 0.3 is 6.18 Å². The lowest BCUT2D eigenvalue weighted by Gasteiger charge is -2.31. The van der Waals surface area contributed by atoms with Crippen LogP contribution in [-0.4, -0.2) is 38.4 Å². The summed E-state index contributed by atoms with van der Waals surface area (Å²) < 4.78 is 42.9. The van der Waals surface area contributed by atoms with Crippen molar-refractivity contribution < 1.29 is 17.9 Å². The summed E-state index contributed by atoms with van der Waals surface area (Å²) in [6.45, 7) is 5.59. The van der Waals surface area contributed by atoms with Gasteiger partial charge < -0.3 is 15.4 Å². The molecule has 26 heavy (non-hydrogen) atoms. The zero-order valence-electron chi connectivity index (χ0n) is 15.4. The van der Waals surface area contributed by atoms with Crippen LogP contribution in [0.2, 0.25) is 0 Å². The van der Waals surface area contributed by atoms with Gasteiger partial charge in [0.05, 0.1) is 12.5 Å². The number of ether oxygens (including phenoxy) is 1. The second kappa shape index (κ2) is 9.80. The van der Waals surface area contributed by atoms with Gasteiger partial charge in [0.1, 0.15) is 0 Å². The number of halogens is 3. The first kappa shape index (κ1) is 20.6. The highest BCUT2D eigenvalue weighted by Crippen LogP contribution is 2.34. The van der Waals surface area contributed by atoms with E-state index in [1.54, 1.807) is 0 Å². The van der Waals surface area contributed by atoms with E-state index in [4.69, 9.17) is 4.74 Å². The average Bonchev–Trinajstić information content (AvgIpc) is 2.60. The number of guanidine groups is 1. The lowest BCUT2D eigenvalue weighted by molar-refractivity contribution is -0.132. The van der Waals surface area contributed by atoms with E-state index in [-0.39, 0.29) is 18.6 Å². The van der Waals surface area contributed by atoms with Crippen LogP contribution < -0.4 is 10.6 Å². The van der Waals surface area contributed by atoms with Gasteiger partial charge in [-0.05, 0) is 32.3 Å². The number of rotatable bonds is 6. The van der Waals surface area contributed by atoms with Gasteiger partial charge in [-0.15, -0.1) is 0 Å². The first-order chi connectivity index (χ1) is 12.4. The topological polar surface area (TPSA) is 45.7 Å². The SMILES string of the molecule is CCNC(=NCC1CCCOC1c1ccc(C)cc1)NCCC(F)(F)F. The van der Waals surface area contributed by atoms with E-state index in [0.29, 0.717) is 19.0 Å². The van der Waals surface area contributed by atoms with Gasteiger partial charge in [-0.1, -0.05) is 29.8 Å². The molecule has 1 aliphatic heterocycles. The standard InChI is InChI=1S/C19H28F3N3O/c1-3-23-18(24-11-10-19(20,21)22)25-13-16-5-4-12-26-17(16)15-8-6-14(2)7-9-15/h6-9,16-17H,3-5,10-13H2,1-2H3,(H2,23,24,25). The van der Waals surface area contributed by atoms with E-state index in [2.05, 4.69) is 39.9 Å². The molecule has 0 spiro atoms. The number of aliphatic imine (C=N–C) groups is 1. The van der Waals surface area contributed by atoms with Crippen molar-refractivity contribution in [1.29, 1.82) is 0 Å². The lowest BCUT2D eigenvalue weighted by atomic mass is 9.89. The maximum Gasteiger partial charge on any atom is 0.390 e. The minimum atomic E-state index is -4.17. The number of aryl methyl sites for hydroxylation is 1. The fourth-order valence-corrected chi connectivity index (χ4v) is 3.03. The third-order valence-corrected chi connectivity index (χ3v) is 4.38. The first-order valence-electron chi connectivity index (χ1n) is 9.16. The number of hydrogen-bond acceptors (Lipinski definition) is 2. The normalized spacial score (nSPS) is 21.5. The Morgan fingerprint density at radius 2 is 1.96 bits per heavy atom. The molecule has 0 bridgehead atoms. The molecule has 7 heteroatoms. The van der Waals surface area contributed by atoms with Gasteiger partial charge in [0.2, 0.25) is 0 Å². The summed E-state index contributed by atoms with van der Waals surface area (Å²) in [4.78, 5) is 4.50. The second-order valence-corrected chi connectivity index (χ2v) is 6.62. The van der Waals surface area contributed by atoms with E-state index < -0.39 is 12.6 Å². The van der Waals surface area contributed by atoms with Crippen LogP contribution in [0.15, 0.2) is 29.3 Å². The summed E-state index contributed by atoms with van der Waals surface area (Å²) in [5.74, 6) is 0.634. The quantitative estimate of drug-likeness (QED) is 0.588. The van der Waals surface area contributed by atoms with Gasteiger partial charge in [0.15, 0.2) is 5.96 Å². The smallest absolute Gasteiger partial charge is 0.373 e. The minimum absolute atomic E-state index is 0.0221. The number of nitrogens with zero attached hydrogens (tertiary/aromatic N) is 1.